The predicted molar refractivity (Wildman–Crippen MR) is 117 cm³/mol. The minimum Gasteiger partial charge on any atom is -0.457 e. The number of aromatic nitrogens is 1. The molecule has 1 aromatic carbocycles. The van der Waals surface area contributed by atoms with Gasteiger partial charge in [0.1, 0.15) is 11.6 Å². The molecule has 1 aromatic heterocycles. The van der Waals surface area contributed by atoms with Gasteiger partial charge in [0, 0.05) is 35.3 Å². The molecule has 30 heavy (non-hydrogen) atoms. The van der Waals surface area contributed by atoms with Gasteiger partial charge in [0.05, 0.1) is 11.7 Å². The number of hydrogen-bond donors (Lipinski definition) is 1. The fourth-order valence-electron chi connectivity index (χ4n) is 4.05. The number of halogens is 1. The zero-order valence-electron chi connectivity index (χ0n) is 19.5. The highest BCUT2D eigenvalue weighted by Crippen LogP contribution is 2.30. The monoisotopic (exact) mass is 454 g/mol. The van der Waals surface area contributed by atoms with Gasteiger partial charge in [0.2, 0.25) is 5.91 Å². The van der Waals surface area contributed by atoms with Crippen molar-refractivity contribution < 1.29 is 23.5 Å². The fraction of sp³-hybridized carbons (Fsp3) is 0.476. The predicted octanol–water partition coefficient (Wildman–Crippen LogP) is 2.95. The molecule has 0 spiro atoms. The number of aliphatic hydroxyl groups is 1. The highest BCUT2D eigenvalue weighted by atomic mass is 35.5. The number of anilines is 1. The molecule has 7 nitrogen and oxygen atoms in total. The van der Waals surface area contributed by atoms with Crippen LogP contribution in [-0.4, -0.2) is 52.9 Å². The number of aliphatic hydroxyl groups excluding tert-OH is 1. The van der Waals surface area contributed by atoms with Gasteiger partial charge in [0.15, 0.2) is 0 Å². The molecule has 2 aliphatic heterocycles. The molecule has 0 unspecified atom stereocenters. The van der Waals surface area contributed by atoms with E-state index in [2.05, 4.69) is 9.27 Å². The van der Waals surface area contributed by atoms with Crippen molar-refractivity contribution >= 4 is 40.8 Å². The van der Waals surface area contributed by atoms with Crippen molar-refractivity contribution in [2.24, 2.45) is 5.92 Å². The van der Waals surface area contributed by atoms with Crippen molar-refractivity contribution in [2.75, 3.05) is 31.5 Å². The molecule has 3 heterocycles. The number of rotatable bonds is 5. The van der Waals surface area contributed by atoms with Crippen molar-refractivity contribution in [3.05, 3.63) is 46.6 Å². The van der Waals surface area contributed by atoms with Crippen LogP contribution in [0.15, 0.2) is 24.4 Å². The van der Waals surface area contributed by atoms with Gasteiger partial charge in [-0.25, -0.2) is 4.79 Å². The first-order valence-corrected chi connectivity index (χ1v) is 10.4. The molecule has 1 fully saturated rings. The Balaban J connectivity index is 0.00000306. The summed E-state index contributed by atoms with van der Waals surface area (Å²) in [5, 5.41) is 11.1. The second-order valence-electron chi connectivity index (χ2n) is 7.50. The summed E-state index contributed by atoms with van der Waals surface area (Å²) in [6.45, 7) is 1.11. The number of likely N-dealkylation sites (tertiary alicyclic amines) is 1. The van der Waals surface area contributed by atoms with Gasteiger partial charge in [-0.3, -0.25) is 4.79 Å². The van der Waals surface area contributed by atoms with E-state index < -0.39 is 24.9 Å². The number of carbonyl (C=O) groups excluding carboxylic acids is 2. The number of esters is 1. The van der Waals surface area contributed by atoms with E-state index in [0.29, 0.717) is 43.0 Å². The van der Waals surface area contributed by atoms with Gasteiger partial charge < -0.3 is 19.6 Å². The Hall–Kier alpha value is -2.00. The van der Waals surface area contributed by atoms with E-state index in [-0.39, 0.29) is 25.0 Å². The van der Waals surface area contributed by atoms with Crippen LogP contribution in [-0.2, 0) is 16.1 Å². The number of carbonyl (C=O) groups is 2. The van der Waals surface area contributed by atoms with E-state index >= 15 is 0 Å². The molecule has 1 amide bonds. The Morgan fingerprint density at radius 3 is 2.87 bits per heavy atom. The number of ether oxygens (including phenoxy) is 1. The number of hydrogen-bond acceptors (Lipinski definition) is 7. The first-order valence-electron chi connectivity index (χ1n) is 11.1. The summed E-state index contributed by atoms with van der Waals surface area (Å²) < 4.78 is 32.3. The third-order valence-electron chi connectivity index (χ3n) is 5.80. The maximum Gasteiger partial charge on any atom is 0.338 e. The Bertz CT molecular complexity index is 1010. The Morgan fingerprint density at radius 1 is 1.43 bits per heavy atom. The van der Waals surface area contributed by atoms with E-state index in [0.717, 1.165) is 33.1 Å². The maximum atomic E-state index is 13.0. The lowest BCUT2D eigenvalue weighted by Gasteiger charge is -2.34. The molecular weight excluding hydrogens is 426 g/mol. The van der Waals surface area contributed by atoms with Gasteiger partial charge in [-0.15, -0.1) is 12.4 Å². The lowest BCUT2D eigenvalue weighted by molar-refractivity contribution is -0.123. The summed E-state index contributed by atoms with van der Waals surface area (Å²) in [6, 6.07) is 5.01. The highest BCUT2D eigenvalue weighted by Gasteiger charge is 2.30. The van der Waals surface area contributed by atoms with Crippen LogP contribution in [0.3, 0.4) is 0 Å². The number of benzene rings is 1. The Labute approximate surface area is 190 Å². The average Bonchev–Trinajstić information content (AvgIpc) is 3.38. The number of amides is 1. The number of piperidine rings is 1. The molecule has 0 bridgehead atoms. The molecule has 0 radical (unpaired) electrons. The zero-order valence-corrected chi connectivity index (χ0v) is 18.2. The lowest BCUT2D eigenvalue weighted by Crippen LogP contribution is -2.42. The number of cyclic esters (lactones) is 1. The first-order chi connectivity index (χ1) is 15.2. The molecule has 1 atom stereocenters. The molecule has 162 valence electrons. The smallest absolute Gasteiger partial charge is 0.338 e. The lowest BCUT2D eigenvalue weighted by atomic mass is 9.93. The van der Waals surface area contributed by atoms with Gasteiger partial charge in [-0.1, -0.05) is 6.07 Å². The Morgan fingerprint density at radius 2 is 2.20 bits per heavy atom. The summed E-state index contributed by atoms with van der Waals surface area (Å²) in [5.74, 6) is -1.13. The molecule has 0 aliphatic carbocycles. The SMILES string of the molecule is Cl.[2H]C([2H])([2H])N(C(=O)C1CCN(C[C@H](O)c2ccc3c(c2C)COC3=O)CC1)c1ccns1. The summed E-state index contributed by atoms with van der Waals surface area (Å²) >= 11 is 0.988. The molecule has 2 aromatic rings. The van der Waals surface area contributed by atoms with Crippen molar-refractivity contribution in [3.63, 3.8) is 0 Å². The average molecular weight is 455 g/mol. The van der Waals surface area contributed by atoms with E-state index in [1.807, 2.05) is 6.92 Å². The summed E-state index contributed by atoms with van der Waals surface area (Å²) in [6.07, 6.45) is 1.78. The summed E-state index contributed by atoms with van der Waals surface area (Å²) in [4.78, 5) is 27.7. The van der Waals surface area contributed by atoms with Crippen LogP contribution in [0.4, 0.5) is 5.00 Å². The van der Waals surface area contributed by atoms with Crippen LogP contribution in [0.25, 0.3) is 0 Å². The molecule has 0 saturated carbocycles. The van der Waals surface area contributed by atoms with Crippen LogP contribution in [0, 0.1) is 12.8 Å². The number of fused-ring (bicyclic) bond motifs is 1. The van der Waals surface area contributed by atoms with E-state index in [1.165, 1.54) is 12.3 Å². The molecule has 1 saturated heterocycles. The zero-order chi connectivity index (χ0) is 23.0. The standard InChI is InChI=1S/C21H25N3O4S.ClH/c1-13-15(3-4-16-17(13)12-28-21(16)27)18(25)11-24-9-6-14(7-10-24)20(26)23(2)19-5-8-22-29-19;/h3-5,8,14,18,25H,6-7,9-12H2,1-2H3;1H/t18-;/m0./s1/i2D3;. The van der Waals surface area contributed by atoms with Gasteiger partial charge in [0.25, 0.3) is 0 Å². The molecule has 2 aliphatic rings. The van der Waals surface area contributed by atoms with E-state index in [9.17, 15) is 14.7 Å². The normalized spacial score (nSPS) is 19.7. The first kappa shape index (κ1) is 18.7. The number of β-amino-alcohol motifs (C(OH)–C–C–N with tert-alkyl or cyclic N) is 1. The second-order valence-corrected chi connectivity index (χ2v) is 8.31. The largest absolute Gasteiger partial charge is 0.457 e. The molecule has 9 heteroatoms. The number of nitrogens with zero attached hydrogens (tertiary/aromatic N) is 3. The minimum atomic E-state index is -2.56. The van der Waals surface area contributed by atoms with E-state index in [1.54, 1.807) is 12.1 Å². The van der Waals surface area contributed by atoms with Crippen LogP contribution in [0.1, 0.15) is 50.1 Å². The van der Waals surface area contributed by atoms with Crippen LogP contribution in [0.2, 0.25) is 0 Å². The molecule has 1 N–H and O–H groups in total. The van der Waals surface area contributed by atoms with Crippen LogP contribution in [0.5, 0.6) is 0 Å². The molecular formula is C21H26ClN3O4S. The van der Waals surface area contributed by atoms with E-state index in [4.69, 9.17) is 8.85 Å². The third-order valence-corrected chi connectivity index (χ3v) is 6.53. The van der Waals surface area contributed by atoms with Gasteiger partial charge in [-0.2, -0.15) is 4.37 Å². The fourth-order valence-corrected chi connectivity index (χ4v) is 4.57. The topological polar surface area (TPSA) is 83.0 Å². The molecule has 4 rings (SSSR count). The maximum absolute atomic E-state index is 13.0. The van der Waals surface area contributed by atoms with Gasteiger partial charge >= 0.3 is 5.97 Å². The summed E-state index contributed by atoms with van der Waals surface area (Å²) in [7, 11) is 0. The highest BCUT2D eigenvalue weighted by molar-refractivity contribution is 7.10. The van der Waals surface area contributed by atoms with Crippen molar-refractivity contribution in [2.45, 2.75) is 32.5 Å². The summed E-state index contributed by atoms with van der Waals surface area (Å²) in [5.41, 5.74) is 3.00. The van der Waals surface area contributed by atoms with Crippen LogP contribution >= 0.6 is 23.9 Å². The van der Waals surface area contributed by atoms with Crippen molar-refractivity contribution in [1.29, 1.82) is 0 Å². The quantitative estimate of drug-likeness (QED) is 0.699. The van der Waals surface area contributed by atoms with Crippen molar-refractivity contribution in [1.82, 2.24) is 9.27 Å². The second kappa shape index (κ2) is 9.43. The van der Waals surface area contributed by atoms with Gasteiger partial charge in [-0.05, 0) is 67.6 Å². The van der Waals surface area contributed by atoms with Crippen LogP contribution < -0.4 is 4.90 Å². The minimum absolute atomic E-state index is 0. The Kier molecular flexibility index (Phi) is 5.89. The third kappa shape index (κ3) is 4.37. The van der Waals surface area contributed by atoms with Crippen molar-refractivity contribution in [3.8, 4) is 0 Å².